The van der Waals surface area contributed by atoms with Crippen molar-refractivity contribution < 1.29 is 9.53 Å². The van der Waals surface area contributed by atoms with Gasteiger partial charge in [0.15, 0.2) is 0 Å². The molecule has 1 atom stereocenters. The van der Waals surface area contributed by atoms with Crippen LogP contribution in [0.2, 0.25) is 0 Å². The van der Waals surface area contributed by atoms with Crippen molar-refractivity contribution in [1.82, 2.24) is 15.1 Å². The molecule has 1 aliphatic rings. The molecule has 0 saturated carbocycles. The van der Waals surface area contributed by atoms with Gasteiger partial charge in [0.2, 0.25) is 0 Å². The van der Waals surface area contributed by atoms with Gasteiger partial charge < -0.3 is 10.1 Å². The molecule has 2 heterocycles. The van der Waals surface area contributed by atoms with Crippen molar-refractivity contribution >= 4 is 5.91 Å². The number of nitrogens with zero attached hydrogens (tertiary/aromatic N) is 2. The molecule has 0 radical (unpaired) electrons. The third-order valence-corrected chi connectivity index (χ3v) is 5.13. The number of aryl methyl sites for hydroxylation is 2. The zero-order chi connectivity index (χ0) is 19.5. The molecule has 144 valence electrons. The van der Waals surface area contributed by atoms with Crippen LogP contribution in [0.5, 0.6) is 0 Å². The molecule has 1 unspecified atom stereocenters. The average molecular weight is 375 g/mol. The summed E-state index contributed by atoms with van der Waals surface area (Å²) in [6.07, 6.45) is 3.97. The van der Waals surface area contributed by atoms with E-state index in [9.17, 15) is 4.79 Å². The van der Waals surface area contributed by atoms with Crippen LogP contribution in [0.15, 0.2) is 54.7 Å². The van der Waals surface area contributed by atoms with E-state index in [0.29, 0.717) is 17.8 Å². The maximum Gasteiger partial charge on any atom is 0.255 e. The molecule has 1 aliphatic heterocycles. The minimum absolute atomic E-state index is 0.109. The highest BCUT2D eigenvalue weighted by Crippen LogP contribution is 2.27. The molecular weight excluding hydrogens is 350 g/mol. The second-order valence-electron chi connectivity index (χ2n) is 7.33. The Morgan fingerprint density at radius 2 is 2.04 bits per heavy atom. The van der Waals surface area contributed by atoms with E-state index in [-0.39, 0.29) is 12.0 Å². The van der Waals surface area contributed by atoms with Gasteiger partial charge >= 0.3 is 0 Å². The van der Waals surface area contributed by atoms with Gasteiger partial charge in [0.1, 0.15) is 5.69 Å². The molecule has 3 aromatic rings. The van der Waals surface area contributed by atoms with Crippen LogP contribution in [0.4, 0.5) is 0 Å². The molecule has 1 fully saturated rings. The smallest absolute Gasteiger partial charge is 0.255 e. The molecule has 0 spiro atoms. The summed E-state index contributed by atoms with van der Waals surface area (Å²) < 4.78 is 7.40. The van der Waals surface area contributed by atoms with Crippen LogP contribution in [-0.4, -0.2) is 34.9 Å². The van der Waals surface area contributed by atoms with Crippen molar-refractivity contribution in [3.8, 4) is 16.9 Å². The Morgan fingerprint density at radius 1 is 1.21 bits per heavy atom. The van der Waals surface area contributed by atoms with E-state index in [1.807, 2.05) is 42.6 Å². The summed E-state index contributed by atoms with van der Waals surface area (Å²) in [6.45, 7) is 5.43. The highest BCUT2D eigenvalue weighted by molar-refractivity contribution is 6.00. The van der Waals surface area contributed by atoms with Crippen molar-refractivity contribution in [2.24, 2.45) is 0 Å². The normalized spacial score (nSPS) is 16.3. The Balaban J connectivity index is 1.70. The van der Waals surface area contributed by atoms with Crippen LogP contribution in [0.25, 0.3) is 16.9 Å². The third kappa shape index (κ3) is 3.85. The first kappa shape index (κ1) is 18.4. The lowest BCUT2D eigenvalue weighted by molar-refractivity contribution is 0.0858. The van der Waals surface area contributed by atoms with Gasteiger partial charge in [-0.1, -0.05) is 42.0 Å². The van der Waals surface area contributed by atoms with Gasteiger partial charge in [0.25, 0.3) is 5.91 Å². The minimum atomic E-state index is -0.118. The van der Waals surface area contributed by atoms with Crippen molar-refractivity contribution in [3.63, 3.8) is 0 Å². The SMILES string of the molecule is Cc1ccc(-c2nn(-c3ccccc3)cc2C(=O)NCC2CCCO2)c(C)c1. The number of carbonyl (C=O) groups is 1. The molecule has 1 saturated heterocycles. The number of benzene rings is 2. The Hall–Kier alpha value is -2.92. The molecule has 1 N–H and O–H groups in total. The molecule has 4 rings (SSSR count). The predicted octanol–water partition coefficient (Wildman–Crippen LogP) is 4.06. The highest BCUT2D eigenvalue weighted by atomic mass is 16.5. The van der Waals surface area contributed by atoms with Gasteiger partial charge in [0.05, 0.1) is 17.4 Å². The number of rotatable bonds is 5. The number of aromatic nitrogens is 2. The fraction of sp³-hybridized carbons (Fsp3) is 0.304. The van der Waals surface area contributed by atoms with Crippen molar-refractivity contribution in [3.05, 3.63) is 71.4 Å². The van der Waals surface area contributed by atoms with E-state index in [0.717, 1.165) is 36.3 Å². The molecule has 5 heteroatoms. The van der Waals surface area contributed by atoms with Gasteiger partial charge in [-0.05, 0) is 44.4 Å². The lowest BCUT2D eigenvalue weighted by atomic mass is 10.0. The van der Waals surface area contributed by atoms with Crippen LogP contribution in [0.3, 0.4) is 0 Å². The quantitative estimate of drug-likeness (QED) is 0.731. The fourth-order valence-electron chi connectivity index (χ4n) is 3.64. The summed E-state index contributed by atoms with van der Waals surface area (Å²) in [5, 5.41) is 7.80. The van der Waals surface area contributed by atoms with Crippen LogP contribution in [-0.2, 0) is 4.74 Å². The fourth-order valence-corrected chi connectivity index (χ4v) is 3.64. The van der Waals surface area contributed by atoms with Crippen LogP contribution in [0, 0.1) is 13.8 Å². The van der Waals surface area contributed by atoms with Crippen molar-refractivity contribution in [2.75, 3.05) is 13.2 Å². The van der Waals surface area contributed by atoms with Gasteiger partial charge in [-0.15, -0.1) is 0 Å². The molecule has 5 nitrogen and oxygen atoms in total. The first-order valence-corrected chi connectivity index (χ1v) is 9.74. The summed E-state index contributed by atoms with van der Waals surface area (Å²) in [7, 11) is 0. The summed E-state index contributed by atoms with van der Waals surface area (Å²) in [4.78, 5) is 13.0. The van der Waals surface area contributed by atoms with Crippen LogP contribution in [0.1, 0.15) is 34.3 Å². The van der Waals surface area contributed by atoms with Crippen LogP contribution >= 0.6 is 0 Å². The number of ether oxygens (including phenoxy) is 1. The minimum Gasteiger partial charge on any atom is -0.376 e. The Morgan fingerprint density at radius 3 is 2.75 bits per heavy atom. The van der Waals surface area contributed by atoms with Crippen molar-refractivity contribution in [2.45, 2.75) is 32.8 Å². The highest BCUT2D eigenvalue weighted by Gasteiger charge is 2.22. The number of amides is 1. The molecule has 2 aromatic carbocycles. The largest absolute Gasteiger partial charge is 0.376 e. The Bertz CT molecular complexity index is 973. The third-order valence-electron chi connectivity index (χ3n) is 5.13. The number of hydrogen-bond donors (Lipinski definition) is 1. The standard InChI is InChI=1S/C23H25N3O2/c1-16-10-11-20(17(2)13-16)22-21(23(27)24-14-19-9-6-12-28-19)15-26(25-22)18-7-4-3-5-8-18/h3-5,7-8,10-11,13,15,19H,6,9,12,14H2,1-2H3,(H,24,27). The van der Waals surface area contributed by atoms with Gasteiger partial charge in [-0.25, -0.2) is 4.68 Å². The molecule has 1 amide bonds. The lowest BCUT2D eigenvalue weighted by Crippen LogP contribution is -2.31. The van der Waals surface area contributed by atoms with Gasteiger partial charge in [0, 0.05) is 24.9 Å². The van der Waals surface area contributed by atoms with Gasteiger partial charge in [-0.2, -0.15) is 5.10 Å². The van der Waals surface area contributed by atoms with E-state index in [2.05, 4.69) is 31.3 Å². The topological polar surface area (TPSA) is 56.2 Å². The Kier molecular flexibility index (Phi) is 5.26. The zero-order valence-corrected chi connectivity index (χ0v) is 16.3. The van der Waals surface area contributed by atoms with E-state index in [1.54, 1.807) is 4.68 Å². The molecule has 0 aliphatic carbocycles. The maximum atomic E-state index is 13.0. The van der Waals surface area contributed by atoms with E-state index < -0.39 is 0 Å². The van der Waals surface area contributed by atoms with Crippen molar-refractivity contribution in [1.29, 1.82) is 0 Å². The first-order chi connectivity index (χ1) is 13.6. The summed E-state index contributed by atoms with van der Waals surface area (Å²) in [6, 6.07) is 16.1. The molecule has 1 aromatic heterocycles. The number of nitrogens with one attached hydrogen (secondary N) is 1. The Labute approximate surface area is 165 Å². The maximum absolute atomic E-state index is 13.0. The first-order valence-electron chi connectivity index (χ1n) is 9.74. The molecular formula is C23H25N3O2. The van der Waals surface area contributed by atoms with E-state index in [1.165, 1.54) is 5.56 Å². The second kappa shape index (κ2) is 7.98. The van der Waals surface area contributed by atoms with E-state index >= 15 is 0 Å². The number of para-hydroxylation sites is 1. The number of hydrogen-bond acceptors (Lipinski definition) is 3. The lowest BCUT2D eigenvalue weighted by Gasteiger charge is -2.11. The number of carbonyl (C=O) groups excluding carboxylic acids is 1. The summed E-state index contributed by atoms with van der Waals surface area (Å²) >= 11 is 0. The van der Waals surface area contributed by atoms with Crippen LogP contribution < -0.4 is 5.32 Å². The molecule has 28 heavy (non-hydrogen) atoms. The van der Waals surface area contributed by atoms with E-state index in [4.69, 9.17) is 9.84 Å². The summed E-state index contributed by atoms with van der Waals surface area (Å²) in [5.41, 5.74) is 5.47. The predicted molar refractivity (Wildman–Crippen MR) is 110 cm³/mol. The summed E-state index contributed by atoms with van der Waals surface area (Å²) in [5.74, 6) is -0.118. The monoisotopic (exact) mass is 375 g/mol. The van der Waals surface area contributed by atoms with Gasteiger partial charge in [-0.3, -0.25) is 4.79 Å². The average Bonchev–Trinajstić information content (AvgIpc) is 3.37. The molecule has 0 bridgehead atoms. The second-order valence-corrected chi connectivity index (χ2v) is 7.33. The zero-order valence-electron chi connectivity index (χ0n) is 16.3.